The third kappa shape index (κ3) is 3.80. The van der Waals surface area contributed by atoms with Gasteiger partial charge in [-0.2, -0.15) is 0 Å². The Labute approximate surface area is 146 Å². The number of anilines is 2. The van der Waals surface area contributed by atoms with E-state index in [9.17, 15) is 4.79 Å². The van der Waals surface area contributed by atoms with Crippen molar-refractivity contribution in [1.29, 1.82) is 0 Å². The molecular weight excluding hydrogens is 331 g/mol. The number of carbonyl (C=O) groups excluding carboxylic acids is 1. The van der Waals surface area contributed by atoms with Gasteiger partial charge in [-0.15, -0.1) is 0 Å². The standard InChI is InChI=1S/C18H18Cl2N2O/c19-15-5-4-6-16(17(15)20)21-18(23)13-7-9-14(10-8-13)22-11-2-1-3-12-22/h4-10H,1-3,11-12H2,(H,21,23). The SMILES string of the molecule is O=C(Nc1cccc(Cl)c1Cl)c1ccc(N2CCCCC2)cc1. The largest absolute Gasteiger partial charge is 0.372 e. The van der Waals surface area contributed by atoms with E-state index in [2.05, 4.69) is 10.2 Å². The minimum atomic E-state index is -0.195. The average Bonchev–Trinajstić information content (AvgIpc) is 2.60. The molecule has 1 heterocycles. The Balaban J connectivity index is 1.71. The fraction of sp³-hybridized carbons (Fsp3) is 0.278. The molecule has 2 aromatic carbocycles. The quantitative estimate of drug-likeness (QED) is 0.822. The number of nitrogens with zero attached hydrogens (tertiary/aromatic N) is 1. The zero-order valence-electron chi connectivity index (χ0n) is 12.7. The Bertz CT molecular complexity index is 695. The first-order valence-electron chi connectivity index (χ1n) is 7.75. The van der Waals surface area contributed by atoms with Gasteiger partial charge in [0.25, 0.3) is 5.91 Å². The molecule has 1 N–H and O–H groups in total. The highest BCUT2D eigenvalue weighted by Gasteiger charge is 2.13. The summed E-state index contributed by atoms with van der Waals surface area (Å²) >= 11 is 12.1. The lowest BCUT2D eigenvalue weighted by atomic mass is 10.1. The molecule has 0 radical (unpaired) electrons. The van der Waals surface area contributed by atoms with Crippen LogP contribution in [0.4, 0.5) is 11.4 Å². The maximum atomic E-state index is 12.3. The minimum absolute atomic E-state index is 0.195. The second kappa shape index (κ2) is 7.24. The first-order valence-corrected chi connectivity index (χ1v) is 8.51. The molecule has 1 aliphatic rings. The molecule has 0 atom stereocenters. The van der Waals surface area contributed by atoms with Crippen LogP contribution >= 0.6 is 23.2 Å². The fourth-order valence-corrected chi connectivity index (χ4v) is 3.12. The van der Waals surface area contributed by atoms with Crippen molar-refractivity contribution in [2.45, 2.75) is 19.3 Å². The highest BCUT2D eigenvalue weighted by atomic mass is 35.5. The molecule has 23 heavy (non-hydrogen) atoms. The zero-order valence-corrected chi connectivity index (χ0v) is 14.2. The van der Waals surface area contributed by atoms with Crippen molar-refractivity contribution in [2.24, 2.45) is 0 Å². The van der Waals surface area contributed by atoms with Crippen molar-refractivity contribution in [1.82, 2.24) is 0 Å². The number of benzene rings is 2. The number of nitrogens with one attached hydrogen (secondary N) is 1. The predicted molar refractivity (Wildman–Crippen MR) is 96.9 cm³/mol. The molecule has 1 aliphatic heterocycles. The van der Waals surface area contributed by atoms with Crippen LogP contribution in [0.2, 0.25) is 10.0 Å². The van der Waals surface area contributed by atoms with Crippen molar-refractivity contribution >= 4 is 40.5 Å². The Hall–Kier alpha value is -1.71. The molecule has 0 aliphatic carbocycles. The van der Waals surface area contributed by atoms with Crippen LogP contribution in [-0.4, -0.2) is 19.0 Å². The van der Waals surface area contributed by atoms with Gasteiger partial charge in [-0.05, 0) is 55.7 Å². The van der Waals surface area contributed by atoms with Gasteiger partial charge in [-0.25, -0.2) is 0 Å². The maximum Gasteiger partial charge on any atom is 0.255 e. The Kier molecular flexibility index (Phi) is 5.09. The van der Waals surface area contributed by atoms with Crippen LogP contribution in [0, 0.1) is 0 Å². The van der Waals surface area contributed by atoms with Gasteiger partial charge in [0.1, 0.15) is 0 Å². The maximum absolute atomic E-state index is 12.3. The number of hydrogen-bond donors (Lipinski definition) is 1. The van der Waals surface area contributed by atoms with E-state index in [0.29, 0.717) is 21.3 Å². The van der Waals surface area contributed by atoms with Gasteiger partial charge >= 0.3 is 0 Å². The number of rotatable bonds is 3. The van der Waals surface area contributed by atoms with Crippen molar-refractivity contribution in [3.05, 3.63) is 58.1 Å². The minimum Gasteiger partial charge on any atom is -0.372 e. The average molecular weight is 349 g/mol. The topological polar surface area (TPSA) is 32.3 Å². The van der Waals surface area contributed by atoms with Crippen LogP contribution < -0.4 is 10.2 Å². The highest BCUT2D eigenvalue weighted by molar-refractivity contribution is 6.44. The van der Waals surface area contributed by atoms with E-state index in [1.807, 2.05) is 24.3 Å². The van der Waals surface area contributed by atoms with Crippen molar-refractivity contribution in [3.63, 3.8) is 0 Å². The summed E-state index contributed by atoms with van der Waals surface area (Å²) in [5, 5.41) is 3.57. The molecule has 0 unspecified atom stereocenters. The molecule has 0 saturated carbocycles. The summed E-state index contributed by atoms with van der Waals surface area (Å²) in [5.74, 6) is -0.195. The molecule has 120 valence electrons. The van der Waals surface area contributed by atoms with Gasteiger partial charge in [0, 0.05) is 24.3 Å². The van der Waals surface area contributed by atoms with Gasteiger partial charge in [0.05, 0.1) is 15.7 Å². The van der Waals surface area contributed by atoms with Crippen LogP contribution in [0.1, 0.15) is 29.6 Å². The second-order valence-electron chi connectivity index (χ2n) is 5.65. The van der Waals surface area contributed by atoms with Gasteiger partial charge in [0.15, 0.2) is 0 Å². The highest BCUT2D eigenvalue weighted by Crippen LogP contribution is 2.30. The number of amides is 1. The Morgan fingerprint density at radius 3 is 2.35 bits per heavy atom. The Morgan fingerprint density at radius 2 is 1.65 bits per heavy atom. The van der Waals surface area contributed by atoms with Gasteiger partial charge in [-0.3, -0.25) is 4.79 Å². The molecule has 0 aromatic heterocycles. The van der Waals surface area contributed by atoms with E-state index in [1.54, 1.807) is 18.2 Å². The van der Waals surface area contributed by atoms with Crippen LogP contribution in [0.5, 0.6) is 0 Å². The summed E-state index contributed by atoms with van der Waals surface area (Å²) in [6, 6.07) is 12.9. The molecule has 0 bridgehead atoms. The van der Waals surface area contributed by atoms with Crippen molar-refractivity contribution in [3.8, 4) is 0 Å². The summed E-state index contributed by atoms with van der Waals surface area (Å²) in [6.07, 6.45) is 3.77. The zero-order chi connectivity index (χ0) is 16.2. The van der Waals surface area contributed by atoms with E-state index in [-0.39, 0.29) is 5.91 Å². The molecule has 5 heteroatoms. The van der Waals surface area contributed by atoms with Crippen LogP contribution in [0.3, 0.4) is 0 Å². The number of hydrogen-bond acceptors (Lipinski definition) is 2. The third-order valence-corrected chi connectivity index (χ3v) is 4.87. The molecule has 1 fully saturated rings. The summed E-state index contributed by atoms with van der Waals surface area (Å²) in [6.45, 7) is 2.17. The first kappa shape index (κ1) is 16.2. The monoisotopic (exact) mass is 348 g/mol. The van der Waals surface area contributed by atoms with E-state index < -0.39 is 0 Å². The van der Waals surface area contributed by atoms with E-state index in [4.69, 9.17) is 23.2 Å². The number of piperidine rings is 1. The lowest BCUT2D eigenvalue weighted by molar-refractivity contribution is 0.102. The first-order chi connectivity index (χ1) is 11.1. The lowest BCUT2D eigenvalue weighted by Crippen LogP contribution is -2.29. The molecule has 3 rings (SSSR count). The predicted octanol–water partition coefficient (Wildman–Crippen LogP) is 5.24. The summed E-state index contributed by atoms with van der Waals surface area (Å²) < 4.78 is 0. The van der Waals surface area contributed by atoms with Gasteiger partial charge in [0.2, 0.25) is 0 Å². The van der Waals surface area contributed by atoms with Crippen LogP contribution in [0.25, 0.3) is 0 Å². The number of halogens is 2. The smallest absolute Gasteiger partial charge is 0.255 e. The van der Waals surface area contributed by atoms with Crippen molar-refractivity contribution < 1.29 is 4.79 Å². The molecule has 0 spiro atoms. The molecule has 2 aromatic rings. The second-order valence-corrected chi connectivity index (χ2v) is 6.44. The van der Waals surface area contributed by atoms with Crippen molar-refractivity contribution in [2.75, 3.05) is 23.3 Å². The number of carbonyl (C=O) groups is 1. The molecular formula is C18H18Cl2N2O. The molecule has 1 amide bonds. The Morgan fingerprint density at radius 1 is 0.957 bits per heavy atom. The summed E-state index contributed by atoms with van der Waals surface area (Å²) in [7, 11) is 0. The van der Waals surface area contributed by atoms with E-state index >= 15 is 0 Å². The van der Waals surface area contributed by atoms with Gasteiger partial charge in [-0.1, -0.05) is 29.3 Å². The summed E-state index contributed by atoms with van der Waals surface area (Å²) in [5.41, 5.74) is 2.29. The fourth-order valence-electron chi connectivity index (χ4n) is 2.77. The van der Waals surface area contributed by atoms with Gasteiger partial charge < -0.3 is 10.2 Å². The third-order valence-electron chi connectivity index (χ3n) is 4.05. The molecule has 3 nitrogen and oxygen atoms in total. The lowest BCUT2D eigenvalue weighted by Gasteiger charge is -2.28. The van der Waals surface area contributed by atoms with Crippen LogP contribution in [0.15, 0.2) is 42.5 Å². The molecule has 1 saturated heterocycles. The van der Waals surface area contributed by atoms with Crippen LogP contribution in [-0.2, 0) is 0 Å². The van der Waals surface area contributed by atoms with E-state index in [0.717, 1.165) is 13.1 Å². The summed E-state index contributed by atoms with van der Waals surface area (Å²) in [4.78, 5) is 14.7. The normalized spacial score (nSPS) is 14.6. The van der Waals surface area contributed by atoms with E-state index in [1.165, 1.54) is 24.9 Å².